The molecule has 0 spiro atoms. The fourth-order valence-electron chi connectivity index (χ4n) is 6.91. The molecule has 4 bridgehead atoms. The summed E-state index contributed by atoms with van der Waals surface area (Å²) in [6.45, 7) is 4.91. The summed E-state index contributed by atoms with van der Waals surface area (Å²) in [6.07, 6.45) is 3.97. The molecule has 0 amide bonds. The first-order chi connectivity index (χ1) is 17.3. The number of ether oxygens (including phenoxy) is 1. The van der Waals surface area contributed by atoms with Crippen LogP contribution in [-0.2, 0) is 15.7 Å². The minimum absolute atomic E-state index is 0.0991. The third-order valence-corrected chi connectivity index (χ3v) is 10.0. The van der Waals surface area contributed by atoms with Crippen LogP contribution in [0.15, 0.2) is 53.6 Å². The van der Waals surface area contributed by atoms with E-state index in [9.17, 15) is 13.0 Å². The first-order valence-electron chi connectivity index (χ1n) is 12.2. The van der Waals surface area contributed by atoms with E-state index < -0.39 is 15.7 Å². The van der Waals surface area contributed by atoms with Gasteiger partial charge in [-0.15, -0.1) is 5.10 Å². The fourth-order valence-corrected chi connectivity index (χ4v) is 8.17. The van der Waals surface area contributed by atoms with E-state index in [1.54, 1.807) is 12.1 Å². The first-order valence-corrected chi connectivity index (χ1v) is 14.5. The number of aromatic amines is 1. The smallest absolute Gasteiger partial charge is 0.295 e. The van der Waals surface area contributed by atoms with Crippen molar-refractivity contribution in [2.75, 3.05) is 19.6 Å². The molecule has 2 unspecified atom stereocenters. The molecule has 186 valence electrons. The van der Waals surface area contributed by atoms with E-state index in [-0.39, 0.29) is 16.7 Å². The van der Waals surface area contributed by atoms with Crippen LogP contribution in [0, 0.1) is 24.7 Å². The Kier molecular flexibility index (Phi) is 4.89. The molecule has 10 heteroatoms. The third-order valence-electron chi connectivity index (χ3n) is 8.31. The maximum atomic E-state index is 12.1. The highest BCUT2D eigenvalue weighted by Gasteiger charge is 2.60. The van der Waals surface area contributed by atoms with Gasteiger partial charge in [-0.3, -0.25) is 4.55 Å². The standard InChI is InChI=1S/C26H26N4O4S2/c1-15-2-4-21(36(31,32)33)11-22(15)26(19-8-16-9-20(26)14-30(12-16)13-19)34-25-29-28-24(35-25)18-3-5-23-17(10-18)6-7-27-23/h2-7,10-11,16,19-20,27H,8-9,12-14H2,1H3,(H,31,32,33). The van der Waals surface area contributed by atoms with Crippen molar-refractivity contribution in [3.05, 3.63) is 59.8 Å². The molecule has 3 saturated heterocycles. The highest BCUT2D eigenvalue weighted by molar-refractivity contribution is 7.85. The summed E-state index contributed by atoms with van der Waals surface area (Å²) >= 11 is 1.41. The Morgan fingerprint density at radius 3 is 2.64 bits per heavy atom. The van der Waals surface area contributed by atoms with Gasteiger partial charge in [0, 0.05) is 59.7 Å². The van der Waals surface area contributed by atoms with Gasteiger partial charge in [0.05, 0.1) is 4.90 Å². The normalized spacial score (nSPS) is 29.2. The molecule has 36 heavy (non-hydrogen) atoms. The van der Waals surface area contributed by atoms with Crippen molar-refractivity contribution >= 4 is 32.4 Å². The van der Waals surface area contributed by atoms with E-state index in [4.69, 9.17) is 4.74 Å². The summed E-state index contributed by atoms with van der Waals surface area (Å²) in [5, 5.41) is 11.3. The molecule has 8 nitrogen and oxygen atoms in total. The Bertz CT molecular complexity index is 1560. The van der Waals surface area contributed by atoms with Crippen LogP contribution in [0.2, 0.25) is 0 Å². The summed E-state index contributed by atoms with van der Waals surface area (Å²) in [5.74, 6) is 1.02. The second-order valence-electron chi connectivity index (χ2n) is 10.4. The van der Waals surface area contributed by atoms with Gasteiger partial charge in [0.25, 0.3) is 15.3 Å². The highest BCUT2D eigenvalue weighted by Crippen LogP contribution is 2.57. The second kappa shape index (κ2) is 7.85. The summed E-state index contributed by atoms with van der Waals surface area (Å²) in [4.78, 5) is 5.62. The van der Waals surface area contributed by atoms with Gasteiger partial charge >= 0.3 is 0 Å². The Hall–Kier alpha value is -2.79. The minimum Gasteiger partial charge on any atom is -0.457 e. The zero-order valence-corrected chi connectivity index (χ0v) is 21.3. The maximum Gasteiger partial charge on any atom is 0.295 e. The predicted octanol–water partition coefficient (Wildman–Crippen LogP) is 4.49. The number of H-pyrrole nitrogens is 1. The van der Waals surface area contributed by atoms with E-state index in [1.165, 1.54) is 17.4 Å². The van der Waals surface area contributed by atoms with Gasteiger partial charge in [0.2, 0.25) is 0 Å². The molecule has 3 aliphatic heterocycles. The van der Waals surface area contributed by atoms with E-state index in [2.05, 4.69) is 26.1 Å². The molecular formula is C26H26N4O4S2. The number of aryl methyl sites for hydroxylation is 1. The largest absolute Gasteiger partial charge is 0.457 e. The van der Waals surface area contributed by atoms with Crippen LogP contribution in [0.5, 0.6) is 5.19 Å². The van der Waals surface area contributed by atoms with E-state index in [0.29, 0.717) is 11.1 Å². The third kappa shape index (κ3) is 3.42. The van der Waals surface area contributed by atoms with Crippen LogP contribution < -0.4 is 4.74 Å². The van der Waals surface area contributed by atoms with E-state index in [0.717, 1.165) is 65.1 Å². The predicted molar refractivity (Wildman–Crippen MR) is 137 cm³/mol. The lowest BCUT2D eigenvalue weighted by atomic mass is 9.56. The summed E-state index contributed by atoms with van der Waals surface area (Å²) in [6, 6.07) is 13.0. The van der Waals surface area contributed by atoms with Crippen LogP contribution in [-0.4, -0.2) is 52.7 Å². The van der Waals surface area contributed by atoms with Gasteiger partial charge in [-0.05, 0) is 67.6 Å². The number of hydrogen-bond donors (Lipinski definition) is 2. The zero-order valence-electron chi connectivity index (χ0n) is 19.7. The van der Waals surface area contributed by atoms with E-state index >= 15 is 0 Å². The lowest BCUT2D eigenvalue weighted by molar-refractivity contribution is -0.174. The van der Waals surface area contributed by atoms with Crippen LogP contribution in [0.4, 0.5) is 0 Å². The topological polar surface area (TPSA) is 108 Å². The Balaban J connectivity index is 1.33. The number of nitrogens with zero attached hydrogens (tertiary/aromatic N) is 3. The van der Waals surface area contributed by atoms with Crippen molar-refractivity contribution < 1.29 is 17.7 Å². The van der Waals surface area contributed by atoms with Crippen molar-refractivity contribution in [2.45, 2.75) is 30.3 Å². The molecule has 1 aliphatic carbocycles. The molecule has 2 atom stereocenters. The van der Waals surface area contributed by atoms with Crippen molar-refractivity contribution in [3.8, 4) is 15.8 Å². The minimum atomic E-state index is -4.35. The molecular weight excluding hydrogens is 496 g/mol. The van der Waals surface area contributed by atoms with Crippen molar-refractivity contribution in [1.82, 2.24) is 20.1 Å². The molecule has 8 rings (SSSR count). The van der Waals surface area contributed by atoms with Crippen molar-refractivity contribution in [1.29, 1.82) is 0 Å². The van der Waals surface area contributed by atoms with Gasteiger partial charge in [0.1, 0.15) is 5.60 Å². The average molecular weight is 523 g/mol. The van der Waals surface area contributed by atoms with Gasteiger partial charge < -0.3 is 14.6 Å². The molecule has 0 radical (unpaired) electrons. The van der Waals surface area contributed by atoms with Crippen LogP contribution in [0.1, 0.15) is 24.0 Å². The molecule has 2 aromatic carbocycles. The van der Waals surface area contributed by atoms with Crippen LogP contribution in [0.25, 0.3) is 21.5 Å². The molecule has 2 aromatic heterocycles. The van der Waals surface area contributed by atoms with Gasteiger partial charge in [-0.1, -0.05) is 22.5 Å². The van der Waals surface area contributed by atoms with Crippen molar-refractivity contribution in [2.24, 2.45) is 17.8 Å². The molecule has 2 N–H and O–H groups in total. The molecule has 5 heterocycles. The number of rotatable bonds is 5. The Labute approximate surface area is 213 Å². The second-order valence-corrected chi connectivity index (χ2v) is 12.8. The monoisotopic (exact) mass is 522 g/mol. The summed E-state index contributed by atoms with van der Waals surface area (Å²) in [5.41, 5.74) is 3.10. The zero-order chi connectivity index (χ0) is 24.7. The number of hydrogen-bond acceptors (Lipinski definition) is 7. The quantitative estimate of drug-likeness (QED) is 0.372. The molecule has 4 aromatic rings. The summed E-state index contributed by atoms with van der Waals surface area (Å²) < 4.78 is 40.9. The van der Waals surface area contributed by atoms with Crippen molar-refractivity contribution in [3.63, 3.8) is 0 Å². The highest BCUT2D eigenvalue weighted by atomic mass is 32.2. The van der Waals surface area contributed by atoms with Gasteiger partial charge in [0.15, 0.2) is 5.01 Å². The molecule has 4 fully saturated rings. The number of nitrogens with one attached hydrogen (secondary N) is 1. The number of benzene rings is 2. The Morgan fingerprint density at radius 1 is 1.08 bits per heavy atom. The first kappa shape index (κ1) is 22.4. The molecule has 1 saturated carbocycles. The van der Waals surface area contributed by atoms with Gasteiger partial charge in [-0.25, -0.2) is 0 Å². The van der Waals surface area contributed by atoms with Crippen LogP contribution in [0.3, 0.4) is 0 Å². The Morgan fingerprint density at radius 2 is 1.89 bits per heavy atom. The lowest BCUT2D eigenvalue weighted by Gasteiger charge is -2.61. The molecule has 4 aliphatic rings. The maximum absolute atomic E-state index is 12.1. The van der Waals surface area contributed by atoms with E-state index in [1.807, 2.05) is 31.3 Å². The SMILES string of the molecule is Cc1ccc(S(=O)(=O)O)cc1C1(Oc2nnc(-c3ccc4[nH]ccc4c3)s2)C2CC3CC1CN(C3)C2. The fraction of sp³-hybridized carbons (Fsp3) is 0.385. The average Bonchev–Trinajstić information content (AvgIpc) is 3.50. The number of piperidine rings is 3. The lowest BCUT2D eigenvalue weighted by Crippen LogP contribution is -2.67. The summed E-state index contributed by atoms with van der Waals surface area (Å²) in [7, 11) is -4.35. The number of fused-ring (bicyclic) bond motifs is 1. The van der Waals surface area contributed by atoms with Crippen LogP contribution >= 0.6 is 11.3 Å². The number of aromatic nitrogens is 3. The van der Waals surface area contributed by atoms with Gasteiger partial charge in [-0.2, -0.15) is 8.42 Å².